The van der Waals surface area contributed by atoms with Gasteiger partial charge in [0.25, 0.3) is 0 Å². The normalized spacial score (nSPS) is 8.33. The van der Waals surface area contributed by atoms with Crippen LogP contribution >= 0.6 is 0 Å². The van der Waals surface area contributed by atoms with Gasteiger partial charge < -0.3 is 10.5 Å². The molecule has 0 fully saturated rings. The molecule has 3 nitrogen and oxygen atoms in total. The molecule has 0 bridgehead atoms. The molecule has 0 unspecified atom stereocenters. The maximum Gasteiger partial charge on any atom is 0.404 e. The van der Waals surface area contributed by atoms with Crippen molar-refractivity contribution in [3.63, 3.8) is 0 Å². The topological polar surface area (TPSA) is 52.3 Å². The molecule has 1 radical (unpaired) electrons. The molecule has 0 aromatic heterocycles. The Kier molecular flexibility index (Phi) is 5.80. The van der Waals surface area contributed by atoms with E-state index in [0.29, 0.717) is 0 Å². The van der Waals surface area contributed by atoms with Crippen LogP contribution in [0.15, 0.2) is 30.3 Å². The zero-order chi connectivity index (χ0) is 8.10. The molecule has 59 valence electrons. The first-order chi connectivity index (χ1) is 5.29. The summed E-state index contributed by atoms with van der Waals surface area (Å²) in [5.74, 6) is 0. The number of primary amides is 1. The average molecular weight is 174 g/mol. The molecular weight excluding hydrogens is 165 g/mol. The van der Waals surface area contributed by atoms with Crippen molar-refractivity contribution < 1.29 is 9.53 Å². The zero-order valence-electron chi connectivity index (χ0n) is 6.99. The van der Waals surface area contributed by atoms with Crippen molar-refractivity contribution in [1.29, 1.82) is 0 Å². The molecule has 0 aliphatic carbocycles. The van der Waals surface area contributed by atoms with Gasteiger partial charge in [0, 0.05) is 29.6 Å². The number of carbonyl (C=O) groups excluding carboxylic acids is 1. The predicted octanol–water partition coefficient (Wildman–Crippen LogP) is 0.901. The van der Waals surface area contributed by atoms with E-state index in [-0.39, 0.29) is 36.2 Å². The van der Waals surface area contributed by atoms with Gasteiger partial charge in [-0.3, -0.25) is 0 Å². The fraction of sp³-hybridized carbons (Fsp3) is 0.125. The summed E-state index contributed by atoms with van der Waals surface area (Å²) in [6.45, 7) is 0.246. The monoisotopic (exact) mass is 174 g/mol. The van der Waals surface area contributed by atoms with Crippen molar-refractivity contribution in [3.05, 3.63) is 35.9 Å². The smallest absolute Gasteiger partial charge is 0.404 e. The molecule has 1 amide bonds. The van der Waals surface area contributed by atoms with E-state index < -0.39 is 6.09 Å². The molecule has 0 heterocycles. The Balaban J connectivity index is 0.00000121. The van der Waals surface area contributed by atoms with E-state index >= 15 is 0 Å². The minimum absolute atomic E-state index is 0. The van der Waals surface area contributed by atoms with Crippen LogP contribution in [-0.2, 0) is 11.3 Å². The largest absolute Gasteiger partial charge is 0.445 e. The Morgan fingerprint density at radius 2 is 1.92 bits per heavy atom. The van der Waals surface area contributed by atoms with E-state index in [2.05, 4.69) is 4.74 Å². The summed E-state index contributed by atoms with van der Waals surface area (Å²) < 4.78 is 4.57. The summed E-state index contributed by atoms with van der Waals surface area (Å²) in [5, 5.41) is 0. The van der Waals surface area contributed by atoms with Crippen LogP contribution in [0.5, 0.6) is 0 Å². The SMILES string of the molecule is NC(=O)OCc1ccccc1.[Na]. The second kappa shape index (κ2) is 6.06. The van der Waals surface area contributed by atoms with Crippen LogP contribution in [0, 0.1) is 0 Å². The molecule has 0 aliphatic heterocycles. The summed E-state index contributed by atoms with van der Waals surface area (Å²) in [7, 11) is 0. The summed E-state index contributed by atoms with van der Waals surface area (Å²) >= 11 is 0. The van der Waals surface area contributed by atoms with Gasteiger partial charge in [-0.25, -0.2) is 4.79 Å². The van der Waals surface area contributed by atoms with E-state index in [4.69, 9.17) is 5.73 Å². The molecule has 0 saturated carbocycles. The van der Waals surface area contributed by atoms with Gasteiger partial charge in [-0.2, -0.15) is 0 Å². The Morgan fingerprint density at radius 1 is 1.33 bits per heavy atom. The van der Waals surface area contributed by atoms with Crippen LogP contribution in [0.2, 0.25) is 0 Å². The third kappa shape index (κ3) is 4.38. The molecule has 0 saturated heterocycles. The molecule has 1 aromatic rings. The van der Waals surface area contributed by atoms with E-state index in [0.717, 1.165) is 5.56 Å². The van der Waals surface area contributed by atoms with Gasteiger partial charge in [0.05, 0.1) is 0 Å². The first-order valence-electron chi connectivity index (χ1n) is 3.25. The number of ether oxygens (including phenoxy) is 1. The summed E-state index contributed by atoms with van der Waals surface area (Å²) in [6, 6.07) is 9.37. The van der Waals surface area contributed by atoms with Crippen LogP contribution in [0.3, 0.4) is 0 Å². The maximum atomic E-state index is 10.2. The number of amides is 1. The van der Waals surface area contributed by atoms with Gasteiger partial charge in [0.2, 0.25) is 0 Å². The molecule has 0 atom stereocenters. The molecule has 1 aromatic carbocycles. The molecule has 0 spiro atoms. The van der Waals surface area contributed by atoms with Crippen molar-refractivity contribution in [2.75, 3.05) is 0 Å². The van der Waals surface area contributed by atoms with Crippen molar-refractivity contribution in [1.82, 2.24) is 0 Å². The Bertz CT molecular complexity index is 238. The standard InChI is InChI=1S/C8H9NO2.Na/c9-8(10)11-6-7-4-2-1-3-5-7;/h1-5H,6H2,(H2,9,10);. The van der Waals surface area contributed by atoms with E-state index in [9.17, 15) is 4.79 Å². The van der Waals surface area contributed by atoms with Crippen molar-refractivity contribution >= 4 is 35.7 Å². The maximum absolute atomic E-state index is 10.2. The van der Waals surface area contributed by atoms with Crippen LogP contribution in [-0.4, -0.2) is 35.7 Å². The van der Waals surface area contributed by atoms with Crippen LogP contribution in [0.1, 0.15) is 5.56 Å². The number of benzene rings is 1. The average Bonchev–Trinajstić information content (AvgIpc) is 2.03. The van der Waals surface area contributed by atoms with E-state index in [1.807, 2.05) is 30.3 Å². The molecule has 12 heavy (non-hydrogen) atoms. The summed E-state index contributed by atoms with van der Waals surface area (Å²) in [4.78, 5) is 10.2. The number of hydrogen-bond donors (Lipinski definition) is 1. The fourth-order valence-corrected chi connectivity index (χ4v) is 0.729. The van der Waals surface area contributed by atoms with Gasteiger partial charge in [0.1, 0.15) is 6.61 Å². The second-order valence-electron chi connectivity index (χ2n) is 2.09. The summed E-state index contributed by atoms with van der Waals surface area (Å²) in [6.07, 6.45) is -0.742. The van der Waals surface area contributed by atoms with Gasteiger partial charge in [-0.15, -0.1) is 0 Å². The van der Waals surface area contributed by atoms with Crippen molar-refractivity contribution in [2.24, 2.45) is 5.73 Å². The molecule has 2 N–H and O–H groups in total. The van der Waals surface area contributed by atoms with E-state index in [1.165, 1.54) is 0 Å². The van der Waals surface area contributed by atoms with Crippen molar-refractivity contribution in [2.45, 2.75) is 6.61 Å². The van der Waals surface area contributed by atoms with Crippen LogP contribution in [0.25, 0.3) is 0 Å². The van der Waals surface area contributed by atoms with Crippen LogP contribution in [0.4, 0.5) is 4.79 Å². The number of carbonyl (C=O) groups is 1. The molecule has 1 rings (SSSR count). The first-order valence-corrected chi connectivity index (χ1v) is 3.25. The van der Waals surface area contributed by atoms with Crippen molar-refractivity contribution in [3.8, 4) is 0 Å². The summed E-state index contributed by atoms with van der Waals surface area (Å²) in [5.41, 5.74) is 5.72. The minimum Gasteiger partial charge on any atom is -0.445 e. The number of rotatable bonds is 2. The van der Waals surface area contributed by atoms with E-state index in [1.54, 1.807) is 0 Å². The van der Waals surface area contributed by atoms with Gasteiger partial charge in [-0.1, -0.05) is 30.3 Å². The van der Waals surface area contributed by atoms with Gasteiger partial charge >= 0.3 is 6.09 Å². The quantitative estimate of drug-likeness (QED) is 0.677. The number of nitrogens with two attached hydrogens (primary N) is 1. The number of hydrogen-bond acceptors (Lipinski definition) is 2. The minimum atomic E-state index is -0.742. The van der Waals surface area contributed by atoms with Crippen LogP contribution < -0.4 is 5.73 Å². The Hall–Kier alpha value is -0.510. The second-order valence-corrected chi connectivity index (χ2v) is 2.09. The first kappa shape index (κ1) is 11.5. The predicted molar refractivity (Wildman–Crippen MR) is 46.6 cm³/mol. The zero-order valence-corrected chi connectivity index (χ0v) is 8.99. The third-order valence-corrected chi connectivity index (χ3v) is 1.22. The Labute approximate surface area is 93.2 Å². The molecule has 0 aliphatic rings. The van der Waals surface area contributed by atoms with Gasteiger partial charge in [-0.05, 0) is 5.56 Å². The fourth-order valence-electron chi connectivity index (χ4n) is 0.729. The van der Waals surface area contributed by atoms with Gasteiger partial charge in [0.15, 0.2) is 0 Å². The molecule has 4 heteroatoms. The molecular formula is C8H9NNaO2. The third-order valence-electron chi connectivity index (χ3n) is 1.22. The Morgan fingerprint density at radius 3 is 2.42 bits per heavy atom.